The number of amides is 1. The van der Waals surface area contributed by atoms with Crippen LogP contribution in [0.2, 0.25) is 0 Å². The Morgan fingerprint density at radius 3 is 2.50 bits per heavy atom. The van der Waals surface area contributed by atoms with Gasteiger partial charge in [0.2, 0.25) is 5.91 Å². The maximum absolute atomic E-state index is 12.3. The van der Waals surface area contributed by atoms with Crippen molar-refractivity contribution >= 4 is 18.3 Å². The van der Waals surface area contributed by atoms with Crippen molar-refractivity contribution in [3.63, 3.8) is 0 Å². The largest absolute Gasteiger partial charge is 0.350 e. The van der Waals surface area contributed by atoms with E-state index >= 15 is 0 Å². The molecular formula is C18H27ClN4O. The lowest BCUT2D eigenvalue weighted by atomic mass is 9.96. The molecule has 1 unspecified atom stereocenters. The van der Waals surface area contributed by atoms with Crippen LogP contribution < -0.4 is 11.1 Å². The zero-order valence-electron chi connectivity index (χ0n) is 14.8. The van der Waals surface area contributed by atoms with E-state index in [-0.39, 0.29) is 18.3 Å². The first-order valence-corrected chi connectivity index (χ1v) is 8.04. The molecule has 1 aromatic heterocycles. The van der Waals surface area contributed by atoms with Gasteiger partial charge < -0.3 is 11.1 Å². The van der Waals surface area contributed by atoms with Crippen LogP contribution in [-0.4, -0.2) is 21.2 Å². The highest BCUT2D eigenvalue weighted by Crippen LogP contribution is 2.18. The molecule has 0 aliphatic rings. The number of hydrogen-bond acceptors (Lipinski definition) is 3. The Bertz CT molecular complexity index is 680. The van der Waals surface area contributed by atoms with Crippen molar-refractivity contribution in [3.8, 4) is 5.69 Å². The monoisotopic (exact) mass is 350 g/mol. The van der Waals surface area contributed by atoms with Gasteiger partial charge in [0.25, 0.3) is 0 Å². The fraction of sp³-hybridized carbons (Fsp3) is 0.444. The Hall–Kier alpha value is -1.85. The van der Waals surface area contributed by atoms with E-state index < -0.39 is 5.54 Å². The Labute approximate surface area is 150 Å². The molecule has 0 spiro atoms. The third kappa shape index (κ3) is 4.36. The summed E-state index contributed by atoms with van der Waals surface area (Å²) in [5, 5.41) is 7.54. The van der Waals surface area contributed by atoms with Crippen molar-refractivity contribution in [1.29, 1.82) is 0 Å². The van der Waals surface area contributed by atoms with Crippen molar-refractivity contribution in [2.45, 2.75) is 52.6 Å². The van der Waals surface area contributed by atoms with Gasteiger partial charge in [-0.05, 0) is 39.3 Å². The van der Waals surface area contributed by atoms with Crippen molar-refractivity contribution in [2.24, 2.45) is 5.73 Å². The lowest BCUT2D eigenvalue weighted by Gasteiger charge is -2.22. The van der Waals surface area contributed by atoms with Crippen LogP contribution in [0.25, 0.3) is 5.69 Å². The van der Waals surface area contributed by atoms with Crippen molar-refractivity contribution in [3.05, 3.63) is 47.3 Å². The summed E-state index contributed by atoms with van der Waals surface area (Å²) < 4.78 is 1.91. The van der Waals surface area contributed by atoms with Crippen LogP contribution in [0.5, 0.6) is 0 Å². The molecule has 2 aromatic rings. The molecule has 1 amide bonds. The number of nitrogens with zero attached hydrogens (tertiary/aromatic N) is 2. The summed E-state index contributed by atoms with van der Waals surface area (Å²) in [4.78, 5) is 12.3. The Morgan fingerprint density at radius 2 is 1.92 bits per heavy atom. The van der Waals surface area contributed by atoms with E-state index in [0.29, 0.717) is 13.0 Å². The van der Waals surface area contributed by atoms with Gasteiger partial charge in [0.15, 0.2) is 0 Å². The standard InChI is InChI=1S/C18H26N4O.ClH/c1-5-11-18(4,19)17(23)20-12-16-13(2)21-22(14(16)3)15-9-7-6-8-10-15;/h6-10H,5,11-12,19H2,1-4H3,(H,20,23);1H. The van der Waals surface area contributed by atoms with E-state index in [1.54, 1.807) is 6.92 Å². The second kappa shape index (κ2) is 8.31. The third-order valence-electron chi connectivity index (χ3n) is 4.16. The van der Waals surface area contributed by atoms with E-state index in [0.717, 1.165) is 29.1 Å². The quantitative estimate of drug-likeness (QED) is 0.841. The van der Waals surface area contributed by atoms with Gasteiger partial charge in [-0.3, -0.25) is 4.79 Å². The first-order valence-electron chi connectivity index (χ1n) is 8.04. The predicted molar refractivity (Wildman–Crippen MR) is 99.6 cm³/mol. The number of benzene rings is 1. The molecule has 3 N–H and O–H groups in total. The molecular weight excluding hydrogens is 324 g/mol. The number of aromatic nitrogens is 2. The highest BCUT2D eigenvalue weighted by atomic mass is 35.5. The molecule has 0 saturated carbocycles. The number of para-hydroxylation sites is 1. The fourth-order valence-corrected chi connectivity index (χ4v) is 2.75. The van der Waals surface area contributed by atoms with Gasteiger partial charge >= 0.3 is 0 Å². The highest BCUT2D eigenvalue weighted by Gasteiger charge is 2.27. The van der Waals surface area contributed by atoms with Crippen LogP contribution in [0.4, 0.5) is 0 Å². The van der Waals surface area contributed by atoms with Gasteiger partial charge in [-0.15, -0.1) is 12.4 Å². The Kier molecular flexibility index (Phi) is 6.99. The molecule has 0 fully saturated rings. The summed E-state index contributed by atoms with van der Waals surface area (Å²) in [7, 11) is 0. The molecule has 0 radical (unpaired) electrons. The summed E-state index contributed by atoms with van der Waals surface area (Å²) in [6.45, 7) is 8.22. The molecule has 0 saturated heterocycles. The number of carbonyl (C=O) groups excluding carboxylic acids is 1. The summed E-state index contributed by atoms with van der Waals surface area (Å²) >= 11 is 0. The minimum atomic E-state index is -0.827. The van der Waals surface area contributed by atoms with Gasteiger partial charge in [0.05, 0.1) is 16.9 Å². The molecule has 0 aliphatic carbocycles. The number of hydrogen-bond donors (Lipinski definition) is 2. The smallest absolute Gasteiger partial charge is 0.240 e. The van der Waals surface area contributed by atoms with Gasteiger partial charge in [-0.1, -0.05) is 31.5 Å². The molecule has 132 valence electrons. The van der Waals surface area contributed by atoms with Crippen LogP contribution in [0.15, 0.2) is 30.3 Å². The molecule has 6 heteroatoms. The second-order valence-electron chi connectivity index (χ2n) is 6.25. The van der Waals surface area contributed by atoms with E-state index in [2.05, 4.69) is 10.4 Å². The molecule has 2 rings (SSSR count). The Balaban J connectivity index is 0.00000288. The van der Waals surface area contributed by atoms with Crippen molar-refractivity contribution in [2.75, 3.05) is 0 Å². The van der Waals surface area contributed by atoms with Crippen LogP contribution in [0.1, 0.15) is 43.6 Å². The van der Waals surface area contributed by atoms with Gasteiger partial charge in [0.1, 0.15) is 0 Å². The van der Waals surface area contributed by atoms with Crippen molar-refractivity contribution < 1.29 is 4.79 Å². The zero-order valence-corrected chi connectivity index (χ0v) is 15.6. The van der Waals surface area contributed by atoms with Gasteiger partial charge in [0, 0.05) is 17.8 Å². The molecule has 1 atom stereocenters. The fourth-order valence-electron chi connectivity index (χ4n) is 2.75. The summed E-state index contributed by atoms with van der Waals surface area (Å²) in [5.41, 5.74) is 9.25. The van der Waals surface area contributed by atoms with E-state index in [1.165, 1.54) is 0 Å². The first-order chi connectivity index (χ1) is 10.9. The molecule has 1 heterocycles. The van der Waals surface area contributed by atoms with Gasteiger partial charge in [-0.2, -0.15) is 5.10 Å². The number of rotatable bonds is 6. The molecule has 1 aromatic carbocycles. The summed E-state index contributed by atoms with van der Waals surface area (Å²) in [6, 6.07) is 9.97. The molecule has 5 nitrogen and oxygen atoms in total. The van der Waals surface area contributed by atoms with Crippen LogP contribution >= 0.6 is 12.4 Å². The Morgan fingerprint density at radius 1 is 1.29 bits per heavy atom. The minimum absolute atomic E-state index is 0. The van der Waals surface area contributed by atoms with Gasteiger partial charge in [-0.25, -0.2) is 4.68 Å². The van der Waals surface area contributed by atoms with Crippen LogP contribution in [-0.2, 0) is 11.3 Å². The summed E-state index contributed by atoms with van der Waals surface area (Å²) in [5.74, 6) is -0.120. The maximum Gasteiger partial charge on any atom is 0.240 e. The second-order valence-corrected chi connectivity index (χ2v) is 6.25. The van der Waals surface area contributed by atoms with Crippen LogP contribution in [0, 0.1) is 13.8 Å². The van der Waals surface area contributed by atoms with E-state index in [4.69, 9.17) is 5.73 Å². The maximum atomic E-state index is 12.3. The first kappa shape index (κ1) is 20.2. The average Bonchev–Trinajstić information content (AvgIpc) is 2.80. The molecule has 24 heavy (non-hydrogen) atoms. The number of nitrogens with two attached hydrogens (primary N) is 1. The normalized spacial score (nSPS) is 13.0. The zero-order chi connectivity index (χ0) is 17.0. The topological polar surface area (TPSA) is 72.9 Å². The lowest BCUT2D eigenvalue weighted by Crippen LogP contribution is -2.51. The minimum Gasteiger partial charge on any atom is -0.350 e. The number of nitrogens with one attached hydrogen (secondary N) is 1. The molecule has 0 bridgehead atoms. The van der Waals surface area contributed by atoms with Crippen LogP contribution in [0.3, 0.4) is 0 Å². The number of halogens is 1. The SMILES string of the molecule is CCCC(C)(N)C(=O)NCc1c(C)nn(-c2ccccc2)c1C.Cl. The van der Waals surface area contributed by atoms with Crippen molar-refractivity contribution in [1.82, 2.24) is 15.1 Å². The predicted octanol–water partition coefficient (Wildman–Crippen LogP) is 3.04. The third-order valence-corrected chi connectivity index (χ3v) is 4.16. The highest BCUT2D eigenvalue weighted by molar-refractivity contribution is 5.85. The lowest BCUT2D eigenvalue weighted by molar-refractivity contribution is -0.126. The molecule has 0 aliphatic heterocycles. The van der Waals surface area contributed by atoms with E-state index in [9.17, 15) is 4.79 Å². The number of aryl methyl sites for hydroxylation is 1. The summed E-state index contributed by atoms with van der Waals surface area (Å²) in [6.07, 6.45) is 1.55. The van der Waals surface area contributed by atoms with E-state index in [1.807, 2.05) is 55.8 Å². The number of carbonyl (C=O) groups is 1. The average molecular weight is 351 g/mol.